The minimum Gasteiger partial charge on any atom is -0.487 e. The van der Waals surface area contributed by atoms with Crippen molar-refractivity contribution in [3.63, 3.8) is 0 Å². The number of aliphatic carboxylic acids is 1. The molecule has 0 fully saturated rings. The van der Waals surface area contributed by atoms with E-state index in [-0.39, 0.29) is 13.0 Å². The lowest BCUT2D eigenvalue weighted by atomic mass is 9.77. The number of carboxylic acids is 1. The molecule has 3 rings (SSSR count). The standard InChI is InChI=1S/C20H21NO5/c1-19(2)13-20(17(22)23,15-10-6-7-11-16(15)26-19)21-18(24)25-12-14-8-4-3-5-9-14/h3-11H,12-13H2,1-2H3,(H,21,24)(H,22,23). The third-order valence-corrected chi connectivity index (χ3v) is 4.32. The van der Waals surface area contributed by atoms with E-state index in [4.69, 9.17) is 9.47 Å². The smallest absolute Gasteiger partial charge is 0.408 e. The molecule has 1 heterocycles. The van der Waals surface area contributed by atoms with Crippen LogP contribution in [0.25, 0.3) is 0 Å². The molecule has 1 amide bonds. The Morgan fingerprint density at radius 2 is 1.77 bits per heavy atom. The first-order valence-electron chi connectivity index (χ1n) is 8.33. The topological polar surface area (TPSA) is 84.9 Å². The molecule has 6 heteroatoms. The van der Waals surface area contributed by atoms with Crippen LogP contribution in [0.3, 0.4) is 0 Å². The molecule has 136 valence electrons. The highest BCUT2D eigenvalue weighted by atomic mass is 16.5. The van der Waals surface area contributed by atoms with Crippen molar-refractivity contribution in [2.24, 2.45) is 0 Å². The van der Waals surface area contributed by atoms with Crippen molar-refractivity contribution >= 4 is 12.1 Å². The molecule has 2 aromatic carbocycles. The van der Waals surface area contributed by atoms with Crippen molar-refractivity contribution in [3.8, 4) is 5.75 Å². The third kappa shape index (κ3) is 3.49. The lowest BCUT2D eigenvalue weighted by Crippen LogP contribution is -2.58. The molecule has 1 aliphatic rings. The van der Waals surface area contributed by atoms with Gasteiger partial charge in [0.05, 0.1) is 0 Å². The molecule has 1 aliphatic heterocycles. The molecule has 26 heavy (non-hydrogen) atoms. The lowest BCUT2D eigenvalue weighted by Gasteiger charge is -2.43. The number of rotatable bonds is 4. The van der Waals surface area contributed by atoms with Gasteiger partial charge in [-0.05, 0) is 25.5 Å². The Kier molecular flexibility index (Phi) is 4.59. The van der Waals surface area contributed by atoms with Gasteiger partial charge in [0.2, 0.25) is 0 Å². The van der Waals surface area contributed by atoms with Crippen molar-refractivity contribution in [1.29, 1.82) is 0 Å². The molecule has 0 saturated heterocycles. The van der Waals surface area contributed by atoms with Crippen molar-refractivity contribution < 1.29 is 24.2 Å². The monoisotopic (exact) mass is 355 g/mol. The van der Waals surface area contributed by atoms with E-state index in [1.807, 2.05) is 30.3 Å². The van der Waals surface area contributed by atoms with Crippen LogP contribution in [0, 0.1) is 0 Å². The maximum atomic E-state index is 12.4. The number of carbonyl (C=O) groups is 2. The normalized spacial score (nSPS) is 20.4. The van der Waals surface area contributed by atoms with Gasteiger partial charge in [-0.25, -0.2) is 9.59 Å². The molecule has 6 nitrogen and oxygen atoms in total. The number of hydrogen-bond acceptors (Lipinski definition) is 4. The average molecular weight is 355 g/mol. The highest BCUT2D eigenvalue weighted by Gasteiger charge is 2.52. The summed E-state index contributed by atoms with van der Waals surface area (Å²) in [5.41, 5.74) is -1.16. The Morgan fingerprint density at radius 1 is 1.12 bits per heavy atom. The molecule has 0 aliphatic carbocycles. The predicted octanol–water partition coefficient (Wildman–Crippen LogP) is 3.45. The number of nitrogens with one attached hydrogen (secondary N) is 1. The lowest BCUT2D eigenvalue weighted by molar-refractivity contribution is -0.149. The molecule has 1 unspecified atom stereocenters. The molecule has 2 N–H and O–H groups in total. The van der Waals surface area contributed by atoms with E-state index in [9.17, 15) is 14.7 Å². The number of carbonyl (C=O) groups excluding carboxylic acids is 1. The first-order chi connectivity index (χ1) is 12.3. The maximum absolute atomic E-state index is 12.4. The third-order valence-electron chi connectivity index (χ3n) is 4.32. The summed E-state index contributed by atoms with van der Waals surface area (Å²) in [5, 5.41) is 12.5. The first kappa shape index (κ1) is 17.8. The molecule has 0 aromatic heterocycles. The van der Waals surface area contributed by atoms with Crippen LogP contribution in [0.2, 0.25) is 0 Å². The summed E-state index contributed by atoms with van der Waals surface area (Å²) >= 11 is 0. The van der Waals surface area contributed by atoms with Gasteiger partial charge in [0, 0.05) is 12.0 Å². The minimum atomic E-state index is -1.62. The summed E-state index contributed by atoms with van der Waals surface area (Å²) < 4.78 is 11.1. The second-order valence-corrected chi connectivity index (χ2v) is 6.93. The zero-order valence-electron chi connectivity index (χ0n) is 14.7. The summed E-state index contributed by atoms with van der Waals surface area (Å²) in [6.45, 7) is 3.64. The van der Waals surface area contributed by atoms with Gasteiger partial charge in [-0.2, -0.15) is 0 Å². The van der Waals surface area contributed by atoms with Gasteiger partial charge < -0.3 is 19.9 Å². The van der Waals surface area contributed by atoms with Crippen molar-refractivity contribution in [2.75, 3.05) is 0 Å². The highest BCUT2D eigenvalue weighted by molar-refractivity contribution is 5.87. The van der Waals surface area contributed by atoms with Crippen molar-refractivity contribution in [1.82, 2.24) is 5.32 Å². The fraction of sp³-hybridized carbons (Fsp3) is 0.300. The number of benzene rings is 2. The summed E-state index contributed by atoms with van der Waals surface area (Å²) in [6.07, 6.45) is -0.712. The van der Waals surface area contributed by atoms with E-state index >= 15 is 0 Å². The largest absolute Gasteiger partial charge is 0.487 e. The second kappa shape index (κ2) is 6.71. The Labute approximate surface area is 151 Å². The number of carboxylic acid groups (broad SMARTS) is 1. The summed E-state index contributed by atoms with van der Waals surface area (Å²) in [6, 6.07) is 16.0. The van der Waals surface area contributed by atoms with Gasteiger partial charge in [-0.15, -0.1) is 0 Å². The van der Waals surface area contributed by atoms with Crippen LogP contribution in [-0.4, -0.2) is 22.8 Å². The van der Waals surface area contributed by atoms with Crippen LogP contribution in [0.15, 0.2) is 54.6 Å². The van der Waals surface area contributed by atoms with Crippen LogP contribution in [0.5, 0.6) is 5.75 Å². The number of ether oxygens (including phenoxy) is 2. The number of amides is 1. The van der Waals surface area contributed by atoms with E-state index in [0.717, 1.165) is 5.56 Å². The Morgan fingerprint density at radius 3 is 2.46 bits per heavy atom. The summed E-state index contributed by atoms with van der Waals surface area (Å²) in [7, 11) is 0. The van der Waals surface area contributed by atoms with Gasteiger partial charge in [-0.3, -0.25) is 0 Å². The average Bonchev–Trinajstić information content (AvgIpc) is 2.59. The van der Waals surface area contributed by atoms with E-state index in [1.165, 1.54) is 0 Å². The zero-order chi connectivity index (χ0) is 18.8. The molecular weight excluding hydrogens is 334 g/mol. The summed E-state index contributed by atoms with van der Waals surface area (Å²) in [5.74, 6) is -0.715. The fourth-order valence-electron chi connectivity index (χ4n) is 3.27. The van der Waals surface area contributed by atoms with E-state index in [1.54, 1.807) is 38.1 Å². The molecule has 2 aromatic rings. The predicted molar refractivity (Wildman–Crippen MR) is 94.8 cm³/mol. The minimum absolute atomic E-state index is 0.0594. The SMILES string of the molecule is CC1(C)CC(NC(=O)OCc2ccccc2)(C(=O)O)c2ccccc2O1. The number of fused-ring (bicyclic) bond motifs is 1. The highest BCUT2D eigenvalue weighted by Crippen LogP contribution is 2.43. The number of alkyl carbamates (subject to hydrolysis) is 1. The Balaban J connectivity index is 1.86. The molecule has 0 spiro atoms. The Hall–Kier alpha value is -3.02. The van der Waals surface area contributed by atoms with E-state index in [0.29, 0.717) is 11.3 Å². The first-order valence-corrected chi connectivity index (χ1v) is 8.33. The van der Waals surface area contributed by atoms with Crippen LogP contribution in [-0.2, 0) is 21.7 Å². The number of para-hydroxylation sites is 1. The van der Waals surface area contributed by atoms with Gasteiger partial charge in [0.25, 0.3) is 0 Å². The maximum Gasteiger partial charge on any atom is 0.408 e. The van der Waals surface area contributed by atoms with Crippen molar-refractivity contribution in [2.45, 2.75) is 38.0 Å². The molecule has 1 atom stereocenters. The van der Waals surface area contributed by atoms with Crippen LogP contribution < -0.4 is 10.1 Å². The quantitative estimate of drug-likeness (QED) is 0.877. The van der Waals surface area contributed by atoms with E-state index in [2.05, 4.69) is 5.32 Å². The van der Waals surface area contributed by atoms with Gasteiger partial charge in [0.1, 0.15) is 18.0 Å². The molecule has 0 radical (unpaired) electrons. The molecule has 0 saturated carbocycles. The Bertz CT molecular complexity index is 818. The molecular formula is C20H21NO5. The zero-order valence-corrected chi connectivity index (χ0v) is 14.7. The number of hydrogen-bond donors (Lipinski definition) is 2. The molecule has 0 bridgehead atoms. The van der Waals surface area contributed by atoms with Crippen molar-refractivity contribution in [3.05, 3.63) is 65.7 Å². The van der Waals surface area contributed by atoms with Gasteiger partial charge in [-0.1, -0.05) is 48.5 Å². The summed E-state index contributed by atoms with van der Waals surface area (Å²) in [4.78, 5) is 24.6. The van der Waals surface area contributed by atoms with Gasteiger partial charge in [0.15, 0.2) is 5.54 Å². The van der Waals surface area contributed by atoms with Crippen LogP contribution in [0.4, 0.5) is 4.79 Å². The van der Waals surface area contributed by atoms with Gasteiger partial charge >= 0.3 is 12.1 Å². The fourth-order valence-corrected chi connectivity index (χ4v) is 3.27. The van der Waals surface area contributed by atoms with Crippen LogP contribution in [0.1, 0.15) is 31.4 Å². The van der Waals surface area contributed by atoms with Crippen LogP contribution >= 0.6 is 0 Å². The van der Waals surface area contributed by atoms with E-state index < -0.39 is 23.2 Å². The second-order valence-electron chi connectivity index (χ2n) is 6.93.